The summed E-state index contributed by atoms with van der Waals surface area (Å²) in [6, 6.07) is 0. The first kappa shape index (κ1) is 28.2. The van der Waals surface area contributed by atoms with E-state index in [2.05, 4.69) is 0 Å². The van der Waals surface area contributed by atoms with E-state index in [-0.39, 0.29) is 19.8 Å². The van der Waals surface area contributed by atoms with Gasteiger partial charge in [0, 0.05) is 13.2 Å². The van der Waals surface area contributed by atoms with Crippen molar-refractivity contribution < 1.29 is 59.2 Å². The van der Waals surface area contributed by atoms with Crippen molar-refractivity contribution in [1.29, 1.82) is 0 Å². The van der Waals surface area contributed by atoms with Crippen LogP contribution in [0.25, 0.3) is 0 Å². The summed E-state index contributed by atoms with van der Waals surface area (Å²) in [5.74, 6) is -3.90. The van der Waals surface area contributed by atoms with Crippen molar-refractivity contribution in [2.75, 3.05) is 39.6 Å². The molecular formula is C20H34O12. The van der Waals surface area contributed by atoms with Crippen LogP contribution in [0.5, 0.6) is 0 Å². The summed E-state index contributed by atoms with van der Waals surface area (Å²) in [4.78, 5) is 33.4. The number of esters is 1. The van der Waals surface area contributed by atoms with Gasteiger partial charge in [0.25, 0.3) is 0 Å². The molecule has 0 saturated heterocycles. The van der Waals surface area contributed by atoms with E-state index in [1.165, 1.54) is 0 Å². The Morgan fingerprint density at radius 3 is 1.78 bits per heavy atom. The molecule has 0 bridgehead atoms. The number of rotatable bonds is 16. The smallest absolute Gasteiger partial charge is 0.336 e. The van der Waals surface area contributed by atoms with Crippen LogP contribution in [0.4, 0.5) is 0 Å². The van der Waals surface area contributed by atoms with Crippen LogP contribution in [0.15, 0.2) is 0 Å². The fourth-order valence-electron chi connectivity index (χ4n) is 3.35. The number of aliphatic hydroxyl groups excluding tert-OH is 3. The summed E-state index contributed by atoms with van der Waals surface area (Å²) >= 11 is 0. The highest BCUT2D eigenvalue weighted by Gasteiger charge is 2.41. The molecule has 0 radical (unpaired) electrons. The minimum absolute atomic E-state index is 0.103. The van der Waals surface area contributed by atoms with Gasteiger partial charge < -0.3 is 44.8 Å². The number of carbonyl (C=O) groups is 3. The number of carbonyl (C=O) groups excluding carboxylic acids is 1. The van der Waals surface area contributed by atoms with Crippen molar-refractivity contribution in [3.8, 4) is 0 Å². The molecule has 12 heteroatoms. The maximum absolute atomic E-state index is 11.7. The molecular weight excluding hydrogens is 432 g/mol. The van der Waals surface area contributed by atoms with Crippen molar-refractivity contribution in [1.82, 2.24) is 0 Å². The SMILES string of the molecule is O=C(O)CC(O)(CC(=O)OCC(O)COCC1CCC(COCC(O)CO)CC1)C(=O)O. The van der Waals surface area contributed by atoms with Gasteiger partial charge in [0.2, 0.25) is 0 Å². The molecule has 0 heterocycles. The average molecular weight is 466 g/mol. The minimum atomic E-state index is -2.78. The van der Waals surface area contributed by atoms with Gasteiger partial charge in [-0.3, -0.25) is 9.59 Å². The van der Waals surface area contributed by atoms with Crippen LogP contribution in [0, 0.1) is 11.8 Å². The Balaban J connectivity index is 2.18. The number of hydrogen-bond acceptors (Lipinski definition) is 10. The lowest BCUT2D eigenvalue weighted by atomic mass is 9.83. The van der Waals surface area contributed by atoms with E-state index in [4.69, 9.17) is 29.5 Å². The lowest BCUT2D eigenvalue weighted by molar-refractivity contribution is -0.173. The van der Waals surface area contributed by atoms with Crippen molar-refractivity contribution in [2.45, 2.75) is 56.3 Å². The summed E-state index contributed by atoms with van der Waals surface area (Å²) in [6.45, 7) is 0.137. The predicted molar refractivity (Wildman–Crippen MR) is 107 cm³/mol. The first-order valence-corrected chi connectivity index (χ1v) is 10.5. The van der Waals surface area contributed by atoms with Crippen LogP contribution in [-0.2, 0) is 28.6 Å². The van der Waals surface area contributed by atoms with E-state index in [1.807, 2.05) is 0 Å². The second-order valence-corrected chi connectivity index (χ2v) is 8.22. The Hall–Kier alpha value is -1.83. The molecule has 1 rings (SSSR count). The standard InChI is InChI=1S/C20H34O12/c21-7-15(22)10-30-8-13-1-3-14(4-2-13)9-31-11-16(23)12-32-18(26)6-20(29,19(27)28)5-17(24)25/h13-16,21-23,29H,1-12H2,(H,24,25)(H,27,28). The van der Waals surface area contributed by atoms with Gasteiger partial charge in [0.1, 0.15) is 18.8 Å². The normalized spacial score (nSPS) is 22.5. The zero-order chi connectivity index (χ0) is 24.1. The number of ether oxygens (including phenoxy) is 3. The summed E-state index contributed by atoms with van der Waals surface area (Å²) in [5, 5.41) is 55.2. The van der Waals surface area contributed by atoms with Crippen molar-refractivity contribution in [3.05, 3.63) is 0 Å². The van der Waals surface area contributed by atoms with E-state index in [0.717, 1.165) is 25.7 Å². The zero-order valence-corrected chi connectivity index (χ0v) is 17.9. The molecule has 12 nitrogen and oxygen atoms in total. The highest BCUT2D eigenvalue weighted by molar-refractivity contribution is 5.88. The molecule has 1 aliphatic rings. The Morgan fingerprint density at radius 2 is 1.34 bits per heavy atom. The van der Waals surface area contributed by atoms with Gasteiger partial charge in [-0.05, 0) is 37.5 Å². The van der Waals surface area contributed by atoms with E-state index >= 15 is 0 Å². The predicted octanol–water partition coefficient (Wildman–Crippen LogP) is -1.24. The molecule has 32 heavy (non-hydrogen) atoms. The number of aliphatic carboxylic acids is 2. The van der Waals surface area contributed by atoms with Gasteiger partial charge in [-0.2, -0.15) is 0 Å². The lowest BCUT2D eigenvalue weighted by Crippen LogP contribution is -2.43. The van der Waals surface area contributed by atoms with Crippen LogP contribution < -0.4 is 0 Å². The molecule has 1 aliphatic carbocycles. The largest absolute Gasteiger partial charge is 0.481 e. The molecule has 1 saturated carbocycles. The molecule has 186 valence electrons. The number of carboxylic acids is 2. The maximum Gasteiger partial charge on any atom is 0.336 e. The number of carboxylic acid groups (broad SMARTS) is 2. The molecule has 3 atom stereocenters. The first-order chi connectivity index (χ1) is 15.1. The van der Waals surface area contributed by atoms with Crippen molar-refractivity contribution >= 4 is 17.9 Å². The topological polar surface area (TPSA) is 200 Å². The van der Waals surface area contributed by atoms with Crippen molar-refractivity contribution in [3.63, 3.8) is 0 Å². The Morgan fingerprint density at radius 1 is 0.844 bits per heavy atom. The lowest BCUT2D eigenvalue weighted by Gasteiger charge is -2.28. The Kier molecular flexibility index (Phi) is 12.6. The van der Waals surface area contributed by atoms with Crippen LogP contribution in [-0.4, -0.2) is 106 Å². The third-order valence-electron chi connectivity index (χ3n) is 5.22. The van der Waals surface area contributed by atoms with Gasteiger partial charge >= 0.3 is 17.9 Å². The summed E-state index contributed by atoms with van der Waals surface area (Å²) in [7, 11) is 0. The molecule has 0 spiro atoms. The monoisotopic (exact) mass is 466 g/mol. The van der Waals surface area contributed by atoms with Gasteiger partial charge in [0.05, 0.1) is 32.7 Å². The second-order valence-electron chi connectivity index (χ2n) is 8.22. The Bertz CT molecular complexity index is 589. The minimum Gasteiger partial charge on any atom is -0.481 e. The second kappa shape index (κ2) is 14.3. The third-order valence-corrected chi connectivity index (χ3v) is 5.22. The number of hydrogen-bond donors (Lipinski definition) is 6. The van der Waals surface area contributed by atoms with Gasteiger partial charge in [0.15, 0.2) is 5.60 Å². The molecule has 0 aromatic rings. The van der Waals surface area contributed by atoms with E-state index in [9.17, 15) is 29.7 Å². The van der Waals surface area contributed by atoms with E-state index in [0.29, 0.717) is 25.0 Å². The fraction of sp³-hybridized carbons (Fsp3) is 0.850. The molecule has 0 aliphatic heterocycles. The number of aliphatic hydroxyl groups is 4. The van der Waals surface area contributed by atoms with E-state index in [1.54, 1.807) is 0 Å². The van der Waals surface area contributed by atoms with Crippen LogP contribution in [0.1, 0.15) is 38.5 Å². The average Bonchev–Trinajstić information content (AvgIpc) is 2.72. The van der Waals surface area contributed by atoms with Gasteiger partial charge in [-0.1, -0.05) is 0 Å². The fourth-order valence-corrected chi connectivity index (χ4v) is 3.35. The Labute approximate surface area is 185 Å². The van der Waals surface area contributed by atoms with E-state index < -0.39 is 55.2 Å². The van der Waals surface area contributed by atoms with Crippen LogP contribution >= 0.6 is 0 Å². The summed E-state index contributed by atoms with van der Waals surface area (Å²) < 4.78 is 15.6. The highest BCUT2D eigenvalue weighted by atomic mass is 16.5. The van der Waals surface area contributed by atoms with Crippen LogP contribution in [0.3, 0.4) is 0 Å². The maximum atomic E-state index is 11.7. The molecule has 0 aromatic carbocycles. The molecule has 0 aromatic heterocycles. The molecule has 6 N–H and O–H groups in total. The summed E-state index contributed by atoms with van der Waals surface area (Å²) in [5.41, 5.74) is -2.78. The van der Waals surface area contributed by atoms with Gasteiger partial charge in [-0.25, -0.2) is 4.79 Å². The van der Waals surface area contributed by atoms with Crippen molar-refractivity contribution in [2.24, 2.45) is 11.8 Å². The first-order valence-electron chi connectivity index (χ1n) is 10.5. The summed E-state index contributed by atoms with van der Waals surface area (Å²) in [6.07, 6.45) is -0.537. The zero-order valence-electron chi connectivity index (χ0n) is 17.9. The third kappa shape index (κ3) is 11.2. The highest BCUT2D eigenvalue weighted by Crippen LogP contribution is 2.29. The van der Waals surface area contributed by atoms with Crippen LogP contribution in [0.2, 0.25) is 0 Å². The molecule has 1 fully saturated rings. The van der Waals surface area contributed by atoms with Gasteiger partial charge in [-0.15, -0.1) is 0 Å². The molecule has 3 unspecified atom stereocenters. The quantitative estimate of drug-likeness (QED) is 0.148. The molecule has 0 amide bonds.